The third-order valence-electron chi connectivity index (χ3n) is 1.21. The number of hydrogen-bond donors (Lipinski definition) is 1. The number of anilines is 1. The van der Waals surface area contributed by atoms with E-state index in [2.05, 4.69) is 10.5 Å². The maximum absolute atomic E-state index is 9.89. The molecule has 0 aliphatic heterocycles. The van der Waals surface area contributed by atoms with Gasteiger partial charge in [0, 0.05) is 15.1 Å². The molecule has 0 aliphatic carbocycles. The summed E-state index contributed by atoms with van der Waals surface area (Å²) in [6, 6.07) is 4.64. The van der Waals surface area contributed by atoms with E-state index >= 15 is 0 Å². The normalized spacial score (nSPS) is 10.4. The number of nitro groups is 1. The molecule has 74 valence electrons. The van der Waals surface area contributed by atoms with Crippen molar-refractivity contribution in [3.63, 3.8) is 0 Å². The van der Waals surface area contributed by atoms with Crippen molar-refractivity contribution in [2.75, 3.05) is 5.43 Å². The van der Waals surface area contributed by atoms with Gasteiger partial charge in [-0.1, -0.05) is 23.2 Å². The van der Waals surface area contributed by atoms with Crippen LogP contribution in [0.4, 0.5) is 5.69 Å². The maximum Gasteiger partial charge on any atom is 0.352 e. The third kappa shape index (κ3) is 3.59. The molecule has 1 N–H and O–H groups in total. The van der Waals surface area contributed by atoms with Gasteiger partial charge in [-0.2, -0.15) is 5.43 Å². The second kappa shape index (κ2) is 4.78. The third-order valence-corrected chi connectivity index (χ3v) is 1.64. The van der Waals surface area contributed by atoms with Gasteiger partial charge < -0.3 is 10.1 Å². The van der Waals surface area contributed by atoms with Crippen LogP contribution in [0.25, 0.3) is 0 Å². The van der Waals surface area contributed by atoms with Crippen molar-refractivity contribution >= 4 is 35.2 Å². The molecule has 0 fully saturated rings. The van der Waals surface area contributed by atoms with Crippen LogP contribution in [0, 0.1) is 10.1 Å². The lowest BCUT2D eigenvalue weighted by molar-refractivity contribution is -0.339. The molecule has 0 unspecified atom stereocenters. The van der Waals surface area contributed by atoms with Crippen molar-refractivity contribution in [1.82, 2.24) is 0 Å². The Balaban J connectivity index is 2.72. The summed E-state index contributed by atoms with van der Waals surface area (Å²) in [5, 5.41) is 14.1. The van der Waals surface area contributed by atoms with Crippen LogP contribution < -0.4 is 5.43 Å². The van der Waals surface area contributed by atoms with Crippen molar-refractivity contribution in [1.29, 1.82) is 0 Å². The van der Waals surface area contributed by atoms with E-state index in [-0.39, 0.29) is 0 Å². The van der Waals surface area contributed by atoms with Crippen LogP contribution in [-0.2, 0) is 0 Å². The first-order valence-corrected chi connectivity index (χ1v) is 4.22. The summed E-state index contributed by atoms with van der Waals surface area (Å²) >= 11 is 11.4. The Bertz CT molecular complexity index is 361. The fraction of sp³-hybridized carbons (Fsp3) is 0. The standard InChI is InChI=1S/C7H5Cl2N3O2/c8-5-1-6(9)3-7(2-5)11-10-4-12(13)14/h1-4,11H/b10-4-. The molecule has 0 aliphatic rings. The lowest BCUT2D eigenvalue weighted by Gasteiger charge is -1.97. The lowest BCUT2D eigenvalue weighted by atomic mass is 10.3. The summed E-state index contributed by atoms with van der Waals surface area (Å²) < 4.78 is 0. The Morgan fingerprint density at radius 1 is 1.36 bits per heavy atom. The Labute approximate surface area is 89.5 Å². The Morgan fingerprint density at radius 3 is 2.43 bits per heavy atom. The summed E-state index contributed by atoms with van der Waals surface area (Å²) in [6.07, 6.45) is 0.537. The highest BCUT2D eigenvalue weighted by Crippen LogP contribution is 2.22. The number of halogens is 2. The summed E-state index contributed by atoms with van der Waals surface area (Å²) in [5.41, 5.74) is 2.90. The van der Waals surface area contributed by atoms with Crippen molar-refractivity contribution < 1.29 is 4.92 Å². The van der Waals surface area contributed by atoms with E-state index < -0.39 is 4.92 Å². The van der Waals surface area contributed by atoms with Crippen LogP contribution in [0.3, 0.4) is 0 Å². The molecule has 0 saturated heterocycles. The number of hydrazone groups is 1. The molecule has 0 radical (unpaired) electrons. The Hall–Kier alpha value is -1.33. The zero-order chi connectivity index (χ0) is 10.6. The van der Waals surface area contributed by atoms with Crippen LogP contribution in [0.15, 0.2) is 23.3 Å². The smallest absolute Gasteiger partial charge is 0.352 e. The molecule has 0 saturated carbocycles. The molecule has 5 nitrogen and oxygen atoms in total. The minimum Gasteiger partial charge on any atom is -0.358 e. The van der Waals surface area contributed by atoms with E-state index in [4.69, 9.17) is 23.2 Å². The van der Waals surface area contributed by atoms with Crippen LogP contribution in [0.5, 0.6) is 0 Å². The average Bonchev–Trinajstić information content (AvgIpc) is 2.01. The average molecular weight is 234 g/mol. The van der Waals surface area contributed by atoms with Gasteiger partial charge in [0.25, 0.3) is 0 Å². The summed E-state index contributed by atoms with van der Waals surface area (Å²) in [6.45, 7) is 0. The summed E-state index contributed by atoms with van der Waals surface area (Å²) in [5.74, 6) is 0. The zero-order valence-electron chi connectivity index (χ0n) is 6.78. The van der Waals surface area contributed by atoms with Gasteiger partial charge in [0.2, 0.25) is 0 Å². The highest BCUT2D eigenvalue weighted by Gasteiger charge is 1.98. The minimum absolute atomic E-state index is 0.427. The van der Waals surface area contributed by atoms with E-state index in [9.17, 15) is 10.1 Å². The van der Waals surface area contributed by atoms with Gasteiger partial charge in [-0.3, -0.25) is 0 Å². The van der Waals surface area contributed by atoms with E-state index in [1.807, 2.05) is 0 Å². The SMILES string of the molecule is O=[N+]([O-])/C=N\Nc1cc(Cl)cc(Cl)c1. The predicted octanol–water partition coefficient (Wildman–Crippen LogP) is 2.63. The second-order valence-corrected chi connectivity index (χ2v) is 3.17. The van der Waals surface area contributed by atoms with Crippen LogP contribution in [0.2, 0.25) is 10.0 Å². The molecule has 0 bridgehead atoms. The molecule has 0 spiro atoms. The van der Waals surface area contributed by atoms with E-state index in [1.54, 1.807) is 18.2 Å². The van der Waals surface area contributed by atoms with E-state index in [0.717, 1.165) is 0 Å². The summed E-state index contributed by atoms with van der Waals surface area (Å²) in [7, 11) is 0. The van der Waals surface area contributed by atoms with Gasteiger partial charge in [-0.25, -0.2) is 0 Å². The van der Waals surface area contributed by atoms with Crippen molar-refractivity contribution in [2.24, 2.45) is 5.10 Å². The van der Waals surface area contributed by atoms with Crippen molar-refractivity contribution in [3.05, 3.63) is 38.4 Å². The highest BCUT2D eigenvalue weighted by molar-refractivity contribution is 6.35. The molecule has 14 heavy (non-hydrogen) atoms. The monoisotopic (exact) mass is 233 g/mol. The van der Waals surface area contributed by atoms with Gasteiger partial charge in [0.15, 0.2) is 0 Å². The fourth-order valence-electron chi connectivity index (χ4n) is 0.769. The molecule has 1 aromatic rings. The number of nitrogens with one attached hydrogen (secondary N) is 1. The van der Waals surface area contributed by atoms with Gasteiger partial charge in [-0.05, 0) is 23.1 Å². The first kappa shape index (κ1) is 10.7. The van der Waals surface area contributed by atoms with E-state index in [1.165, 1.54) is 0 Å². The molecule has 7 heteroatoms. The van der Waals surface area contributed by atoms with Crippen molar-refractivity contribution in [2.45, 2.75) is 0 Å². The first-order chi connectivity index (χ1) is 6.58. The van der Waals surface area contributed by atoms with Crippen molar-refractivity contribution in [3.8, 4) is 0 Å². The molecule has 0 heterocycles. The number of hydrogen-bond acceptors (Lipinski definition) is 4. The Kier molecular flexibility index (Phi) is 3.67. The van der Waals surface area contributed by atoms with Gasteiger partial charge in [0.1, 0.15) is 0 Å². The number of rotatable bonds is 3. The molecular formula is C7H5Cl2N3O2. The van der Waals surface area contributed by atoms with Gasteiger partial charge in [0.05, 0.1) is 5.69 Å². The lowest BCUT2D eigenvalue weighted by Crippen LogP contribution is -1.96. The molecule has 0 atom stereocenters. The molecule has 1 aromatic carbocycles. The molecule has 1 rings (SSSR count). The highest BCUT2D eigenvalue weighted by atomic mass is 35.5. The summed E-state index contributed by atoms with van der Waals surface area (Å²) in [4.78, 5) is 9.21. The number of benzene rings is 1. The Morgan fingerprint density at radius 2 is 1.93 bits per heavy atom. The predicted molar refractivity (Wildman–Crippen MR) is 55.6 cm³/mol. The molecular weight excluding hydrogens is 229 g/mol. The maximum atomic E-state index is 9.89. The second-order valence-electron chi connectivity index (χ2n) is 2.30. The number of nitrogens with zero attached hydrogens (tertiary/aromatic N) is 2. The van der Waals surface area contributed by atoms with Gasteiger partial charge in [-0.15, -0.1) is 0 Å². The molecule has 0 amide bonds. The quantitative estimate of drug-likeness (QED) is 0.378. The first-order valence-electron chi connectivity index (χ1n) is 3.47. The largest absolute Gasteiger partial charge is 0.358 e. The topological polar surface area (TPSA) is 67.5 Å². The van der Waals surface area contributed by atoms with E-state index in [0.29, 0.717) is 22.1 Å². The van der Waals surface area contributed by atoms with Gasteiger partial charge >= 0.3 is 6.34 Å². The fourth-order valence-corrected chi connectivity index (χ4v) is 1.29. The van der Waals surface area contributed by atoms with Crippen LogP contribution >= 0.6 is 23.2 Å². The van der Waals surface area contributed by atoms with Crippen LogP contribution in [0.1, 0.15) is 0 Å². The van der Waals surface area contributed by atoms with Crippen LogP contribution in [-0.4, -0.2) is 11.3 Å². The molecule has 0 aromatic heterocycles. The minimum atomic E-state index is -0.681. The zero-order valence-corrected chi connectivity index (χ0v) is 8.29.